The predicted octanol–water partition coefficient (Wildman–Crippen LogP) is 5.34. The summed E-state index contributed by atoms with van der Waals surface area (Å²) in [5.41, 5.74) is 2.57. The number of piperazine rings is 1. The third-order valence-corrected chi connectivity index (χ3v) is 7.42. The number of anilines is 1. The number of likely N-dealkylation sites (tertiary alicyclic amines) is 1. The molecule has 200 valence electrons. The van der Waals surface area contributed by atoms with Crippen LogP contribution in [0.3, 0.4) is 0 Å². The molecule has 5 rings (SSSR count). The van der Waals surface area contributed by atoms with Crippen molar-refractivity contribution < 1.29 is 14.6 Å². The number of pyridine rings is 2. The number of halogens is 2. The maximum Gasteiger partial charge on any atom is 0.303 e. The van der Waals surface area contributed by atoms with E-state index < -0.39 is 5.97 Å². The van der Waals surface area contributed by atoms with Crippen LogP contribution in [0.5, 0.6) is 11.6 Å². The van der Waals surface area contributed by atoms with Crippen LogP contribution in [-0.2, 0) is 11.3 Å². The van der Waals surface area contributed by atoms with Crippen molar-refractivity contribution in [2.45, 2.75) is 25.8 Å². The zero-order valence-corrected chi connectivity index (χ0v) is 22.6. The molecule has 0 aliphatic carbocycles. The third-order valence-electron chi connectivity index (χ3n) is 6.98. The van der Waals surface area contributed by atoms with Gasteiger partial charge in [0.25, 0.3) is 0 Å². The number of carboxylic acids is 1. The molecule has 2 saturated heterocycles. The van der Waals surface area contributed by atoms with Gasteiger partial charge in [0.2, 0.25) is 5.88 Å². The number of nitrogens with one attached hydrogen (secondary N) is 1. The normalized spacial score (nSPS) is 16.9. The molecule has 0 amide bonds. The van der Waals surface area contributed by atoms with Gasteiger partial charge in [-0.1, -0.05) is 23.2 Å². The van der Waals surface area contributed by atoms with Crippen molar-refractivity contribution >= 4 is 35.0 Å². The lowest BCUT2D eigenvalue weighted by Gasteiger charge is -2.31. The average Bonchev–Trinajstić information content (AvgIpc) is 2.90. The molecule has 3 aromatic rings. The Morgan fingerprint density at radius 1 is 1.03 bits per heavy atom. The standard InChI is InChI=1S/C28H31Cl2N5O3/c29-22-14-21(15-23(30)16-22)25-11-20(18-34-7-3-19(4-8-34)13-28(36)37)12-27(33-25)38-24-1-2-26(32-17-24)35-9-5-31-6-10-35/h1-2,11-12,14-17,19,31H,3-10,13,18H2,(H,36,37). The van der Waals surface area contributed by atoms with Crippen molar-refractivity contribution in [3.05, 3.63) is 64.3 Å². The van der Waals surface area contributed by atoms with E-state index in [1.165, 1.54) is 0 Å². The van der Waals surface area contributed by atoms with Crippen LogP contribution in [0.4, 0.5) is 5.82 Å². The minimum absolute atomic E-state index is 0.237. The van der Waals surface area contributed by atoms with Crippen LogP contribution in [-0.4, -0.2) is 65.2 Å². The first kappa shape index (κ1) is 26.7. The van der Waals surface area contributed by atoms with Crippen LogP contribution in [0.15, 0.2) is 48.7 Å². The molecule has 2 fully saturated rings. The molecule has 2 aliphatic rings. The number of benzene rings is 1. The quantitative estimate of drug-likeness (QED) is 0.385. The Balaban J connectivity index is 1.36. The SMILES string of the molecule is O=C(O)CC1CCN(Cc2cc(Oc3ccc(N4CCNCC4)nc3)nc(-c3cc(Cl)cc(Cl)c3)c2)CC1. The van der Waals surface area contributed by atoms with E-state index in [0.29, 0.717) is 33.9 Å². The molecule has 2 aliphatic heterocycles. The smallest absolute Gasteiger partial charge is 0.303 e. The number of carbonyl (C=O) groups is 1. The lowest BCUT2D eigenvalue weighted by molar-refractivity contribution is -0.138. The Labute approximate surface area is 232 Å². The summed E-state index contributed by atoms with van der Waals surface area (Å²) in [6, 6.07) is 13.2. The minimum atomic E-state index is -0.723. The van der Waals surface area contributed by atoms with Gasteiger partial charge < -0.3 is 20.1 Å². The van der Waals surface area contributed by atoms with Crippen molar-refractivity contribution in [2.75, 3.05) is 44.2 Å². The van der Waals surface area contributed by atoms with E-state index in [1.807, 2.05) is 36.4 Å². The number of nitrogens with zero attached hydrogens (tertiary/aromatic N) is 4. The van der Waals surface area contributed by atoms with Crippen LogP contribution >= 0.6 is 23.2 Å². The van der Waals surface area contributed by atoms with Gasteiger partial charge in [0.05, 0.1) is 11.9 Å². The van der Waals surface area contributed by atoms with Gasteiger partial charge in [0.1, 0.15) is 11.6 Å². The maximum absolute atomic E-state index is 11.1. The summed E-state index contributed by atoms with van der Waals surface area (Å²) in [6.07, 6.45) is 3.72. The Morgan fingerprint density at radius 3 is 2.42 bits per heavy atom. The predicted molar refractivity (Wildman–Crippen MR) is 149 cm³/mol. The molecule has 0 bridgehead atoms. The molecule has 0 saturated carbocycles. The van der Waals surface area contributed by atoms with E-state index >= 15 is 0 Å². The largest absolute Gasteiger partial charge is 0.481 e. The molecular weight excluding hydrogens is 525 g/mol. The number of hydrogen-bond donors (Lipinski definition) is 2. The van der Waals surface area contributed by atoms with Crippen LogP contribution in [0.2, 0.25) is 10.0 Å². The summed E-state index contributed by atoms with van der Waals surface area (Å²) in [4.78, 5) is 25.0. The molecule has 4 heterocycles. The number of aromatic nitrogens is 2. The zero-order chi connectivity index (χ0) is 26.5. The maximum atomic E-state index is 11.1. The van der Waals surface area contributed by atoms with E-state index in [1.54, 1.807) is 12.3 Å². The first-order chi connectivity index (χ1) is 18.4. The number of carboxylic acid groups (broad SMARTS) is 1. The fraction of sp³-hybridized carbons (Fsp3) is 0.393. The highest BCUT2D eigenvalue weighted by Gasteiger charge is 2.22. The minimum Gasteiger partial charge on any atom is -0.481 e. The lowest BCUT2D eigenvalue weighted by Crippen LogP contribution is -2.43. The van der Waals surface area contributed by atoms with Crippen molar-refractivity contribution in [2.24, 2.45) is 5.92 Å². The molecule has 38 heavy (non-hydrogen) atoms. The van der Waals surface area contributed by atoms with E-state index in [4.69, 9.17) is 38.0 Å². The molecular formula is C28H31Cl2N5O3. The molecule has 10 heteroatoms. The van der Waals surface area contributed by atoms with Gasteiger partial charge in [-0.3, -0.25) is 9.69 Å². The van der Waals surface area contributed by atoms with Gasteiger partial charge in [-0.15, -0.1) is 0 Å². The second-order valence-electron chi connectivity index (χ2n) is 9.87. The van der Waals surface area contributed by atoms with Crippen LogP contribution < -0.4 is 15.0 Å². The molecule has 0 radical (unpaired) electrons. The van der Waals surface area contributed by atoms with Crippen LogP contribution in [0.1, 0.15) is 24.8 Å². The van der Waals surface area contributed by atoms with Gasteiger partial charge in [-0.2, -0.15) is 0 Å². The third kappa shape index (κ3) is 7.14. The number of aliphatic carboxylic acids is 1. The zero-order valence-electron chi connectivity index (χ0n) is 21.1. The summed E-state index contributed by atoms with van der Waals surface area (Å²) in [6.45, 7) is 6.17. The van der Waals surface area contributed by atoms with Gasteiger partial charge in [0, 0.05) is 60.8 Å². The van der Waals surface area contributed by atoms with Gasteiger partial charge >= 0.3 is 5.97 Å². The molecule has 8 nitrogen and oxygen atoms in total. The summed E-state index contributed by atoms with van der Waals surface area (Å²) in [7, 11) is 0. The van der Waals surface area contributed by atoms with E-state index in [-0.39, 0.29) is 12.3 Å². The van der Waals surface area contributed by atoms with E-state index in [0.717, 1.165) is 69.1 Å². The topological polar surface area (TPSA) is 90.8 Å². The van der Waals surface area contributed by atoms with Gasteiger partial charge in [-0.25, -0.2) is 9.97 Å². The monoisotopic (exact) mass is 555 g/mol. The Bertz CT molecular complexity index is 1240. The van der Waals surface area contributed by atoms with E-state index in [9.17, 15) is 4.79 Å². The Morgan fingerprint density at radius 2 is 1.76 bits per heavy atom. The fourth-order valence-corrected chi connectivity index (χ4v) is 5.57. The van der Waals surface area contributed by atoms with Crippen molar-refractivity contribution in [1.29, 1.82) is 0 Å². The first-order valence-corrected chi connectivity index (χ1v) is 13.7. The molecule has 0 unspecified atom stereocenters. The van der Waals surface area contributed by atoms with Crippen molar-refractivity contribution in [3.63, 3.8) is 0 Å². The molecule has 1 aromatic carbocycles. The number of piperidine rings is 1. The Hall–Kier alpha value is -2.91. The number of ether oxygens (including phenoxy) is 1. The average molecular weight is 556 g/mol. The lowest BCUT2D eigenvalue weighted by atomic mass is 9.93. The summed E-state index contributed by atoms with van der Waals surface area (Å²) in [5, 5.41) is 13.5. The van der Waals surface area contributed by atoms with Gasteiger partial charge in [0.15, 0.2) is 0 Å². The van der Waals surface area contributed by atoms with Crippen LogP contribution in [0.25, 0.3) is 11.3 Å². The molecule has 0 spiro atoms. The molecule has 2 aromatic heterocycles. The molecule has 0 atom stereocenters. The van der Waals surface area contributed by atoms with Crippen LogP contribution in [0, 0.1) is 5.92 Å². The first-order valence-electron chi connectivity index (χ1n) is 12.9. The van der Waals surface area contributed by atoms with Gasteiger partial charge in [-0.05, 0) is 73.8 Å². The highest BCUT2D eigenvalue weighted by Crippen LogP contribution is 2.31. The highest BCUT2D eigenvalue weighted by molar-refractivity contribution is 6.35. The summed E-state index contributed by atoms with van der Waals surface area (Å²) >= 11 is 12.6. The highest BCUT2D eigenvalue weighted by atomic mass is 35.5. The second-order valence-corrected chi connectivity index (χ2v) is 10.7. The fourth-order valence-electron chi connectivity index (χ4n) is 5.04. The number of hydrogen-bond acceptors (Lipinski definition) is 7. The molecule has 2 N–H and O–H groups in total. The summed E-state index contributed by atoms with van der Waals surface area (Å²) < 4.78 is 6.18. The van der Waals surface area contributed by atoms with E-state index in [2.05, 4.69) is 20.1 Å². The number of rotatable bonds is 8. The van der Waals surface area contributed by atoms with Crippen molar-refractivity contribution in [1.82, 2.24) is 20.2 Å². The second kappa shape index (κ2) is 12.3. The Kier molecular flexibility index (Phi) is 8.64. The summed E-state index contributed by atoms with van der Waals surface area (Å²) in [5.74, 6) is 1.52. The van der Waals surface area contributed by atoms with Crippen molar-refractivity contribution in [3.8, 4) is 22.9 Å².